The normalized spacial score (nSPS) is 12.8. The molecule has 20 heavy (non-hydrogen) atoms. The first kappa shape index (κ1) is 16.2. The Morgan fingerprint density at radius 3 is 2.20 bits per heavy atom. The summed E-state index contributed by atoms with van der Waals surface area (Å²) >= 11 is 0. The Balaban J connectivity index is 2.98. The van der Waals surface area contributed by atoms with E-state index < -0.39 is 11.9 Å². The summed E-state index contributed by atoms with van der Waals surface area (Å²) in [6.07, 6.45) is 0.421. The summed E-state index contributed by atoms with van der Waals surface area (Å²) in [7, 11) is 0. The predicted octanol–water partition coefficient (Wildman–Crippen LogP) is 1.91. The fraction of sp³-hybridized carbons (Fsp3) is 0.467. The Labute approximate surface area is 118 Å². The van der Waals surface area contributed by atoms with Gasteiger partial charge in [0.25, 0.3) is 5.91 Å². The van der Waals surface area contributed by atoms with Crippen molar-refractivity contribution in [3.63, 3.8) is 0 Å². The maximum atomic E-state index is 12.2. The van der Waals surface area contributed by atoms with E-state index in [2.05, 4.69) is 5.32 Å². The predicted molar refractivity (Wildman–Crippen MR) is 75.8 cm³/mol. The zero-order valence-corrected chi connectivity index (χ0v) is 12.0. The highest BCUT2D eigenvalue weighted by Crippen LogP contribution is 2.22. The molecule has 5 heteroatoms. The summed E-state index contributed by atoms with van der Waals surface area (Å²) in [6, 6.07) is 5.85. The minimum Gasteiger partial charge on any atom is -0.478 e. The van der Waals surface area contributed by atoms with Gasteiger partial charge in [0.1, 0.15) is 0 Å². The SMILES string of the molecule is CC(C)(C)C(CCO)NC(=O)c1ccccc1C(=O)O. The Kier molecular flexibility index (Phi) is 5.27. The molecule has 0 bridgehead atoms. The molecule has 0 aromatic heterocycles. The third-order valence-corrected chi connectivity index (χ3v) is 3.17. The number of nitrogens with one attached hydrogen (secondary N) is 1. The molecule has 0 saturated carbocycles. The summed E-state index contributed by atoms with van der Waals surface area (Å²) < 4.78 is 0. The Morgan fingerprint density at radius 2 is 1.75 bits per heavy atom. The molecule has 1 atom stereocenters. The molecule has 0 aliphatic carbocycles. The van der Waals surface area contributed by atoms with Crippen molar-refractivity contribution in [3.05, 3.63) is 35.4 Å². The third-order valence-electron chi connectivity index (χ3n) is 3.17. The number of aliphatic hydroxyl groups is 1. The van der Waals surface area contributed by atoms with Crippen LogP contribution in [0.15, 0.2) is 24.3 Å². The standard InChI is InChI=1S/C15H21NO4/c1-15(2,3)12(8-9-17)16-13(18)10-6-4-5-7-11(10)14(19)20/h4-7,12,17H,8-9H2,1-3H3,(H,16,18)(H,19,20). The smallest absolute Gasteiger partial charge is 0.336 e. The van der Waals surface area contributed by atoms with Gasteiger partial charge in [0, 0.05) is 12.6 Å². The molecule has 0 radical (unpaired) electrons. The maximum absolute atomic E-state index is 12.2. The van der Waals surface area contributed by atoms with Crippen molar-refractivity contribution in [2.75, 3.05) is 6.61 Å². The molecule has 1 unspecified atom stereocenters. The molecule has 0 fully saturated rings. The molecular formula is C15H21NO4. The zero-order chi connectivity index (χ0) is 15.3. The van der Waals surface area contributed by atoms with Gasteiger partial charge in [0.15, 0.2) is 0 Å². The minimum absolute atomic E-state index is 0.0262. The Morgan fingerprint density at radius 1 is 1.20 bits per heavy atom. The van der Waals surface area contributed by atoms with Crippen molar-refractivity contribution >= 4 is 11.9 Å². The van der Waals surface area contributed by atoms with Crippen molar-refractivity contribution in [2.45, 2.75) is 33.2 Å². The van der Waals surface area contributed by atoms with Gasteiger partial charge in [-0.1, -0.05) is 32.9 Å². The quantitative estimate of drug-likeness (QED) is 0.768. The molecule has 1 amide bonds. The molecule has 0 aliphatic heterocycles. The highest BCUT2D eigenvalue weighted by atomic mass is 16.4. The second-order valence-electron chi connectivity index (χ2n) is 5.76. The van der Waals surface area contributed by atoms with E-state index >= 15 is 0 Å². The van der Waals surface area contributed by atoms with E-state index in [0.717, 1.165) is 0 Å². The molecule has 0 spiro atoms. The van der Waals surface area contributed by atoms with E-state index in [-0.39, 0.29) is 29.2 Å². The number of hydrogen-bond donors (Lipinski definition) is 3. The van der Waals surface area contributed by atoms with Gasteiger partial charge in [-0.3, -0.25) is 4.79 Å². The van der Waals surface area contributed by atoms with Crippen LogP contribution >= 0.6 is 0 Å². The molecule has 110 valence electrons. The van der Waals surface area contributed by atoms with Crippen molar-refractivity contribution in [1.82, 2.24) is 5.32 Å². The molecule has 1 aromatic carbocycles. The first-order valence-electron chi connectivity index (χ1n) is 6.51. The summed E-state index contributed by atoms with van der Waals surface area (Å²) in [5.41, 5.74) is -0.120. The van der Waals surface area contributed by atoms with Crippen LogP contribution in [0.4, 0.5) is 0 Å². The van der Waals surface area contributed by atoms with Gasteiger partial charge in [-0.05, 0) is 24.0 Å². The van der Waals surface area contributed by atoms with Gasteiger partial charge >= 0.3 is 5.97 Å². The Bertz CT molecular complexity index is 491. The van der Waals surface area contributed by atoms with Crippen molar-refractivity contribution in [2.24, 2.45) is 5.41 Å². The lowest BCUT2D eigenvalue weighted by Gasteiger charge is -2.31. The van der Waals surface area contributed by atoms with Crippen LogP contribution in [0, 0.1) is 5.41 Å². The maximum Gasteiger partial charge on any atom is 0.336 e. The first-order valence-corrected chi connectivity index (χ1v) is 6.51. The number of carboxylic acids is 1. The van der Waals surface area contributed by atoms with Crippen LogP contribution in [-0.2, 0) is 0 Å². The number of rotatable bonds is 5. The van der Waals surface area contributed by atoms with E-state index in [0.29, 0.717) is 6.42 Å². The zero-order valence-electron chi connectivity index (χ0n) is 12.0. The fourth-order valence-electron chi connectivity index (χ4n) is 1.95. The number of aliphatic hydroxyl groups excluding tert-OH is 1. The lowest BCUT2D eigenvalue weighted by molar-refractivity contribution is 0.0689. The van der Waals surface area contributed by atoms with Crippen LogP contribution in [0.2, 0.25) is 0 Å². The van der Waals surface area contributed by atoms with Crippen LogP contribution in [0.5, 0.6) is 0 Å². The fourth-order valence-corrected chi connectivity index (χ4v) is 1.95. The largest absolute Gasteiger partial charge is 0.478 e. The van der Waals surface area contributed by atoms with Crippen molar-refractivity contribution < 1.29 is 19.8 Å². The van der Waals surface area contributed by atoms with E-state index in [1.807, 2.05) is 20.8 Å². The van der Waals surface area contributed by atoms with Crippen LogP contribution in [0.25, 0.3) is 0 Å². The lowest BCUT2D eigenvalue weighted by atomic mass is 9.84. The number of carbonyl (C=O) groups excluding carboxylic acids is 1. The van der Waals surface area contributed by atoms with Gasteiger partial charge in [-0.25, -0.2) is 4.79 Å². The van der Waals surface area contributed by atoms with Gasteiger partial charge in [-0.2, -0.15) is 0 Å². The third kappa shape index (κ3) is 4.06. The van der Waals surface area contributed by atoms with Gasteiger partial charge in [0.2, 0.25) is 0 Å². The molecule has 0 heterocycles. The van der Waals surface area contributed by atoms with Crippen LogP contribution in [0.1, 0.15) is 47.9 Å². The summed E-state index contributed by atoms with van der Waals surface area (Å²) in [4.78, 5) is 23.4. The number of carbonyl (C=O) groups is 2. The topological polar surface area (TPSA) is 86.6 Å². The summed E-state index contributed by atoms with van der Waals surface area (Å²) in [5, 5.41) is 21.0. The monoisotopic (exact) mass is 279 g/mol. The molecule has 1 aromatic rings. The average molecular weight is 279 g/mol. The van der Waals surface area contributed by atoms with Crippen LogP contribution in [0.3, 0.4) is 0 Å². The minimum atomic E-state index is -1.13. The second kappa shape index (κ2) is 6.52. The highest BCUT2D eigenvalue weighted by Gasteiger charge is 2.27. The van der Waals surface area contributed by atoms with E-state index in [1.165, 1.54) is 12.1 Å². The number of benzene rings is 1. The van der Waals surface area contributed by atoms with E-state index in [4.69, 9.17) is 10.2 Å². The van der Waals surface area contributed by atoms with Gasteiger partial charge in [0.05, 0.1) is 11.1 Å². The number of carboxylic acid groups (broad SMARTS) is 1. The van der Waals surface area contributed by atoms with Crippen molar-refractivity contribution in [1.29, 1.82) is 0 Å². The van der Waals surface area contributed by atoms with Crippen molar-refractivity contribution in [3.8, 4) is 0 Å². The molecular weight excluding hydrogens is 258 g/mol. The number of hydrogen-bond acceptors (Lipinski definition) is 3. The molecule has 1 rings (SSSR count). The first-order chi connectivity index (χ1) is 9.27. The average Bonchev–Trinajstić information content (AvgIpc) is 2.37. The number of amides is 1. The van der Waals surface area contributed by atoms with Crippen LogP contribution < -0.4 is 5.32 Å². The van der Waals surface area contributed by atoms with Gasteiger partial charge in [-0.15, -0.1) is 0 Å². The number of aromatic carboxylic acids is 1. The second-order valence-corrected chi connectivity index (χ2v) is 5.76. The highest BCUT2D eigenvalue weighted by molar-refractivity contribution is 6.04. The Hall–Kier alpha value is -1.88. The van der Waals surface area contributed by atoms with E-state index in [9.17, 15) is 9.59 Å². The van der Waals surface area contributed by atoms with E-state index in [1.54, 1.807) is 12.1 Å². The summed E-state index contributed by atoms with van der Waals surface area (Å²) in [5.74, 6) is -1.57. The molecule has 0 saturated heterocycles. The summed E-state index contributed by atoms with van der Waals surface area (Å²) in [6.45, 7) is 5.83. The molecule has 0 aliphatic rings. The van der Waals surface area contributed by atoms with Gasteiger partial charge < -0.3 is 15.5 Å². The van der Waals surface area contributed by atoms with Crippen LogP contribution in [-0.4, -0.2) is 34.7 Å². The molecule has 3 N–H and O–H groups in total. The lowest BCUT2D eigenvalue weighted by Crippen LogP contribution is -2.44. The molecule has 5 nitrogen and oxygen atoms in total.